The maximum absolute atomic E-state index is 13.3. The Morgan fingerprint density at radius 3 is 2.88 bits per heavy atom. The monoisotopic (exact) mass is 333 g/mol. The quantitative estimate of drug-likeness (QED) is 0.658. The van der Waals surface area contributed by atoms with Crippen molar-refractivity contribution < 1.29 is 23.5 Å². The SMILES string of the molecule is CCOC(=O)C(=O)N1CC[C@H](C(=O)Nc2ccc(F)c(C#N)c2)C1. The molecule has 0 saturated carbocycles. The van der Waals surface area contributed by atoms with Gasteiger partial charge in [-0.15, -0.1) is 0 Å². The first-order valence-electron chi connectivity index (χ1n) is 7.42. The molecular formula is C16H16FN3O4. The van der Waals surface area contributed by atoms with Gasteiger partial charge in [-0.25, -0.2) is 9.18 Å². The summed E-state index contributed by atoms with van der Waals surface area (Å²) in [7, 11) is 0. The number of nitriles is 1. The van der Waals surface area contributed by atoms with Gasteiger partial charge in [0.25, 0.3) is 0 Å². The molecule has 2 amide bonds. The fraction of sp³-hybridized carbons (Fsp3) is 0.375. The summed E-state index contributed by atoms with van der Waals surface area (Å²) in [6.07, 6.45) is 0.406. The number of ether oxygens (including phenoxy) is 1. The number of hydrogen-bond donors (Lipinski definition) is 1. The molecule has 8 heteroatoms. The van der Waals surface area contributed by atoms with Gasteiger partial charge in [0, 0.05) is 18.8 Å². The average Bonchev–Trinajstić information content (AvgIpc) is 3.06. The van der Waals surface area contributed by atoms with Gasteiger partial charge < -0.3 is 15.0 Å². The van der Waals surface area contributed by atoms with E-state index in [4.69, 9.17) is 5.26 Å². The van der Waals surface area contributed by atoms with E-state index in [-0.39, 0.29) is 31.2 Å². The van der Waals surface area contributed by atoms with Crippen molar-refractivity contribution in [3.05, 3.63) is 29.6 Å². The number of anilines is 1. The minimum Gasteiger partial charge on any atom is -0.459 e. The number of nitrogens with zero attached hydrogens (tertiary/aromatic N) is 2. The number of carbonyl (C=O) groups is 3. The summed E-state index contributed by atoms with van der Waals surface area (Å²) in [6.45, 7) is 2.09. The summed E-state index contributed by atoms with van der Waals surface area (Å²) in [5, 5.41) is 11.4. The molecule has 0 bridgehead atoms. The van der Waals surface area contributed by atoms with E-state index < -0.39 is 23.6 Å². The molecule has 0 unspecified atom stereocenters. The van der Waals surface area contributed by atoms with Crippen molar-refractivity contribution in [1.29, 1.82) is 5.26 Å². The number of likely N-dealkylation sites (tertiary alicyclic amines) is 1. The second-order valence-corrected chi connectivity index (χ2v) is 5.25. The molecule has 1 N–H and O–H groups in total. The summed E-state index contributed by atoms with van der Waals surface area (Å²) in [5.74, 6) is -3.21. The van der Waals surface area contributed by atoms with Crippen LogP contribution in [0, 0.1) is 23.1 Å². The highest BCUT2D eigenvalue weighted by Gasteiger charge is 2.34. The van der Waals surface area contributed by atoms with Gasteiger partial charge in [0.1, 0.15) is 11.9 Å². The standard InChI is InChI=1S/C16H16FN3O4/c1-2-24-16(23)15(22)20-6-5-10(9-20)14(21)19-12-3-4-13(17)11(7-12)8-18/h3-4,7,10H,2,5-6,9H2,1H3,(H,19,21)/t10-/m0/s1. The van der Waals surface area contributed by atoms with E-state index in [9.17, 15) is 18.8 Å². The molecule has 1 aromatic carbocycles. The number of rotatable bonds is 3. The van der Waals surface area contributed by atoms with Gasteiger partial charge >= 0.3 is 11.9 Å². The zero-order chi connectivity index (χ0) is 17.7. The van der Waals surface area contributed by atoms with Gasteiger partial charge in [0.2, 0.25) is 5.91 Å². The first kappa shape index (κ1) is 17.4. The second kappa shape index (κ2) is 7.55. The molecule has 0 radical (unpaired) electrons. The summed E-state index contributed by atoms with van der Waals surface area (Å²) in [6, 6.07) is 5.38. The number of nitrogens with one attached hydrogen (secondary N) is 1. The highest BCUT2D eigenvalue weighted by molar-refractivity contribution is 6.32. The molecule has 0 aliphatic carbocycles. The van der Waals surface area contributed by atoms with Crippen molar-refractivity contribution in [1.82, 2.24) is 4.90 Å². The molecule has 1 fully saturated rings. The third-order valence-electron chi connectivity index (χ3n) is 3.65. The molecule has 126 valence electrons. The van der Waals surface area contributed by atoms with E-state index in [0.29, 0.717) is 12.1 Å². The average molecular weight is 333 g/mol. The van der Waals surface area contributed by atoms with Crippen molar-refractivity contribution in [2.24, 2.45) is 5.92 Å². The molecule has 0 aromatic heterocycles. The van der Waals surface area contributed by atoms with Gasteiger partial charge in [0.15, 0.2) is 0 Å². The maximum atomic E-state index is 13.3. The summed E-state index contributed by atoms with van der Waals surface area (Å²) in [4.78, 5) is 36.7. The number of esters is 1. The Balaban J connectivity index is 1.96. The Morgan fingerprint density at radius 2 is 2.21 bits per heavy atom. The lowest BCUT2D eigenvalue weighted by molar-refractivity contribution is -0.159. The van der Waals surface area contributed by atoms with Gasteiger partial charge in [-0.2, -0.15) is 5.26 Å². The van der Waals surface area contributed by atoms with Gasteiger partial charge in [0.05, 0.1) is 18.1 Å². The summed E-state index contributed by atoms with van der Waals surface area (Å²) < 4.78 is 17.9. The van der Waals surface area contributed by atoms with Crippen LogP contribution in [-0.4, -0.2) is 42.4 Å². The topological polar surface area (TPSA) is 99.5 Å². The first-order chi connectivity index (χ1) is 11.5. The molecule has 0 spiro atoms. The van der Waals surface area contributed by atoms with Crippen LogP contribution in [0.1, 0.15) is 18.9 Å². The van der Waals surface area contributed by atoms with Crippen LogP contribution in [0.2, 0.25) is 0 Å². The van der Waals surface area contributed by atoms with Crippen molar-refractivity contribution >= 4 is 23.5 Å². The van der Waals surface area contributed by atoms with Crippen LogP contribution < -0.4 is 5.32 Å². The molecule has 1 saturated heterocycles. The van der Waals surface area contributed by atoms with Crippen LogP contribution in [0.25, 0.3) is 0 Å². The lowest BCUT2D eigenvalue weighted by atomic mass is 10.1. The molecule has 1 heterocycles. The molecule has 1 aliphatic rings. The molecular weight excluding hydrogens is 317 g/mol. The third-order valence-corrected chi connectivity index (χ3v) is 3.65. The highest BCUT2D eigenvalue weighted by atomic mass is 19.1. The normalized spacial score (nSPS) is 16.4. The summed E-state index contributed by atoms with van der Waals surface area (Å²) in [5.41, 5.74) is 0.131. The van der Waals surface area contributed by atoms with Crippen molar-refractivity contribution in [2.45, 2.75) is 13.3 Å². The molecule has 1 atom stereocenters. The van der Waals surface area contributed by atoms with Crippen LogP contribution in [0.5, 0.6) is 0 Å². The van der Waals surface area contributed by atoms with Crippen LogP contribution >= 0.6 is 0 Å². The Kier molecular flexibility index (Phi) is 5.47. The van der Waals surface area contributed by atoms with Crippen LogP contribution in [0.15, 0.2) is 18.2 Å². The number of hydrogen-bond acceptors (Lipinski definition) is 5. The van der Waals surface area contributed by atoms with E-state index in [1.165, 1.54) is 17.0 Å². The zero-order valence-electron chi connectivity index (χ0n) is 13.0. The first-order valence-corrected chi connectivity index (χ1v) is 7.42. The molecule has 24 heavy (non-hydrogen) atoms. The third kappa shape index (κ3) is 3.87. The van der Waals surface area contributed by atoms with Crippen molar-refractivity contribution in [3.8, 4) is 6.07 Å². The largest absolute Gasteiger partial charge is 0.459 e. The predicted molar refractivity (Wildman–Crippen MR) is 81.1 cm³/mol. The second-order valence-electron chi connectivity index (χ2n) is 5.25. The Labute approximate surface area is 138 Å². The molecule has 1 aromatic rings. The predicted octanol–water partition coefficient (Wildman–Crippen LogP) is 1.05. The van der Waals surface area contributed by atoms with Gasteiger partial charge in [-0.3, -0.25) is 9.59 Å². The van der Waals surface area contributed by atoms with Crippen LogP contribution in [0.3, 0.4) is 0 Å². The Hall–Kier alpha value is -2.95. The van der Waals surface area contributed by atoms with Crippen LogP contribution in [-0.2, 0) is 19.1 Å². The molecule has 1 aliphatic heterocycles. The van der Waals surface area contributed by atoms with Gasteiger partial charge in [-0.05, 0) is 31.5 Å². The lowest BCUT2D eigenvalue weighted by Gasteiger charge is -2.15. The van der Waals surface area contributed by atoms with E-state index >= 15 is 0 Å². The number of halogens is 1. The number of amides is 2. The van der Waals surface area contributed by atoms with Gasteiger partial charge in [-0.1, -0.05) is 0 Å². The highest BCUT2D eigenvalue weighted by Crippen LogP contribution is 2.20. The molecule has 7 nitrogen and oxygen atoms in total. The fourth-order valence-corrected chi connectivity index (χ4v) is 2.41. The maximum Gasteiger partial charge on any atom is 0.397 e. The van der Waals surface area contributed by atoms with E-state index in [1.54, 1.807) is 13.0 Å². The van der Waals surface area contributed by atoms with E-state index in [2.05, 4.69) is 10.1 Å². The Bertz CT molecular complexity index is 714. The van der Waals surface area contributed by atoms with E-state index in [0.717, 1.165) is 6.07 Å². The fourth-order valence-electron chi connectivity index (χ4n) is 2.41. The van der Waals surface area contributed by atoms with Crippen molar-refractivity contribution in [3.63, 3.8) is 0 Å². The van der Waals surface area contributed by atoms with Crippen molar-refractivity contribution in [2.75, 3.05) is 25.0 Å². The Morgan fingerprint density at radius 1 is 1.46 bits per heavy atom. The lowest BCUT2D eigenvalue weighted by Crippen LogP contribution is -2.37. The summed E-state index contributed by atoms with van der Waals surface area (Å²) >= 11 is 0. The minimum atomic E-state index is -0.934. The zero-order valence-corrected chi connectivity index (χ0v) is 13.0. The smallest absolute Gasteiger partial charge is 0.397 e. The molecule has 2 rings (SSSR count). The van der Waals surface area contributed by atoms with E-state index in [1.807, 2.05) is 0 Å². The minimum absolute atomic E-state index is 0.105. The number of benzene rings is 1. The van der Waals surface area contributed by atoms with Crippen LogP contribution in [0.4, 0.5) is 10.1 Å². The number of carbonyl (C=O) groups excluding carboxylic acids is 3.